The van der Waals surface area contributed by atoms with Gasteiger partial charge in [0, 0.05) is 41.7 Å². The summed E-state index contributed by atoms with van der Waals surface area (Å²) in [6.07, 6.45) is -5.54. The van der Waals surface area contributed by atoms with E-state index in [1.165, 1.54) is 0 Å². The largest absolute Gasteiger partial charge is 0.491 e. The van der Waals surface area contributed by atoms with E-state index >= 15 is 0 Å². The van der Waals surface area contributed by atoms with Crippen molar-refractivity contribution in [1.29, 1.82) is 0 Å². The first-order valence-electron chi connectivity index (χ1n) is 11.7. The quantitative estimate of drug-likeness (QED) is 0.166. The average Bonchev–Trinajstić information content (AvgIpc) is 3.36. The monoisotopic (exact) mass is 681 g/mol. The molecule has 11 nitrogen and oxygen atoms in total. The van der Waals surface area contributed by atoms with Crippen molar-refractivity contribution in [2.45, 2.75) is 25.0 Å². The van der Waals surface area contributed by atoms with Gasteiger partial charge in [-0.1, -0.05) is 0 Å². The van der Waals surface area contributed by atoms with Crippen molar-refractivity contribution < 1.29 is 56.0 Å². The van der Waals surface area contributed by atoms with E-state index in [1.807, 2.05) is 42.5 Å². The van der Waals surface area contributed by atoms with Crippen LogP contribution in [0.2, 0.25) is 0 Å². The van der Waals surface area contributed by atoms with Crippen molar-refractivity contribution in [3.05, 3.63) is 71.1 Å². The van der Waals surface area contributed by atoms with Crippen molar-refractivity contribution in [1.82, 2.24) is 25.3 Å². The normalized spacial score (nSPS) is 11.9. The van der Waals surface area contributed by atoms with E-state index in [9.17, 15) is 31.4 Å². The Labute approximate surface area is 246 Å². The third-order valence-electron chi connectivity index (χ3n) is 4.82. The molecule has 0 aliphatic rings. The highest BCUT2D eigenvalue weighted by molar-refractivity contribution is 9.10. The molecule has 232 valence electrons. The van der Waals surface area contributed by atoms with Gasteiger partial charge in [-0.25, -0.2) is 19.6 Å². The van der Waals surface area contributed by atoms with Crippen LogP contribution in [0.4, 0.5) is 26.3 Å². The smallest absolute Gasteiger partial charge is 0.490 e. The fraction of sp³-hybridized carbons (Fsp3) is 0.240. The molecule has 3 heterocycles. The molecule has 5 N–H and O–H groups in total. The maximum atomic E-state index is 10.6. The molecule has 0 spiro atoms. The number of nitrogens with zero attached hydrogens (tertiary/aromatic N) is 3. The number of alkyl halides is 6. The third kappa shape index (κ3) is 12.6. The Morgan fingerprint density at radius 1 is 0.977 bits per heavy atom. The van der Waals surface area contributed by atoms with Crippen molar-refractivity contribution in [3.8, 4) is 17.1 Å². The first-order valence-corrected chi connectivity index (χ1v) is 12.5. The van der Waals surface area contributed by atoms with Gasteiger partial charge in [0.1, 0.15) is 24.3 Å². The number of aliphatic hydroxyl groups excluding tert-OH is 1. The van der Waals surface area contributed by atoms with Crippen LogP contribution in [0.25, 0.3) is 22.6 Å². The van der Waals surface area contributed by atoms with E-state index in [0.29, 0.717) is 24.5 Å². The number of nitrogens with one attached hydrogen (secondary N) is 2. The first kappa shape index (κ1) is 34.9. The molecule has 0 saturated heterocycles. The van der Waals surface area contributed by atoms with Gasteiger partial charge in [0.25, 0.3) is 0 Å². The average molecular weight is 682 g/mol. The van der Waals surface area contributed by atoms with Crippen molar-refractivity contribution in [2.75, 3.05) is 13.2 Å². The minimum atomic E-state index is -5.08. The van der Waals surface area contributed by atoms with Crippen molar-refractivity contribution >= 4 is 39.0 Å². The van der Waals surface area contributed by atoms with Gasteiger partial charge in [0.05, 0.1) is 5.52 Å². The Morgan fingerprint density at radius 2 is 1.53 bits per heavy atom. The van der Waals surface area contributed by atoms with Gasteiger partial charge >= 0.3 is 24.3 Å². The number of imidazole rings is 1. The molecule has 0 aliphatic heterocycles. The fourth-order valence-corrected chi connectivity index (χ4v) is 3.19. The van der Waals surface area contributed by atoms with Gasteiger partial charge in [-0.15, -0.1) is 0 Å². The fourth-order valence-electron chi connectivity index (χ4n) is 2.86. The Morgan fingerprint density at radius 3 is 2.07 bits per heavy atom. The molecule has 4 aromatic rings. The zero-order valence-electron chi connectivity index (χ0n) is 21.5. The zero-order chi connectivity index (χ0) is 32.2. The topological polar surface area (TPSA) is 171 Å². The predicted octanol–water partition coefficient (Wildman–Crippen LogP) is 4.58. The van der Waals surface area contributed by atoms with Crippen LogP contribution in [0.1, 0.15) is 5.56 Å². The zero-order valence-corrected chi connectivity index (χ0v) is 23.1. The van der Waals surface area contributed by atoms with Crippen LogP contribution < -0.4 is 10.1 Å². The number of aromatic amines is 1. The molecule has 1 aromatic carbocycles. The van der Waals surface area contributed by atoms with Crippen molar-refractivity contribution in [3.63, 3.8) is 0 Å². The molecule has 18 heteroatoms. The van der Waals surface area contributed by atoms with Gasteiger partial charge in [-0.2, -0.15) is 26.3 Å². The number of carbonyl (C=O) groups is 2. The third-order valence-corrected chi connectivity index (χ3v) is 5.25. The number of pyridine rings is 2. The number of carboxylic acids is 2. The number of aliphatic hydroxyl groups is 1. The highest BCUT2D eigenvalue weighted by Gasteiger charge is 2.38. The number of aromatic nitrogens is 4. The highest BCUT2D eigenvalue weighted by Crippen LogP contribution is 2.23. The molecule has 4 rings (SSSR count). The lowest BCUT2D eigenvalue weighted by Gasteiger charge is -2.13. The molecule has 0 saturated carbocycles. The highest BCUT2D eigenvalue weighted by atomic mass is 79.9. The molecule has 0 fully saturated rings. The van der Waals surface area contributed by atoms with Gasteiger partial charge in [-0.05, 0) is 64.0 Å². The van der Waals surface area contributed by atoms with Crippen LogP contribution in [-0.4, -0.2) is 78.8 Å². The number of ether oxygens (including phenoxy) is 1. The lowest BCUT2D eigenvalue weighted by molar-refractivity contribution is -0.193. The number of hydrogen-bond donors (Lipinski definition) is 5. The van der Waals surface area contributed by atoms with Gasteiger partial charge < -0.3 is 30.4 Å². The van der Waals surface area contributed by atoms with Crippen LogP contribution in [0.3, 0.4) is 0 Å². The van der Waals surface area contributed by atoms with Gasteiger partial charge in [0.2, 0.25) is 0 Å². The summed E-state index contributed by atoms with van der Waals surface area (Å²) in [7, 11) is 0. The Bertz CT molecular complexity index is 1450. The summed E-state index contributed by atoms with van der Waals surface area (Å²) < 4.78 is 70.1. The lowest BCUT2D eigenvalue weighted by Crippen LogP contribution is -2.31. The second-order valence-electron chi connectivity index (χ2n) is 8.19. The Balaban J connectivity index is 0.000000384. The van der Waals surface area contributed by atoms with Gasteiger partial charge in [0.15, 0.2) is 5.65 Å². The van der Waals surface area contributed by atoms with E-state index in [0.717, 1.165) is 26.9 Å². The summed E-state index contributed by atoms with van der Waals surface area (Å²) in [5.41, 5.74) is 3.60. The van der Waals surface area contributed by atoms with E-state index in [-0.39, 0.29) is 6.61 Å². The number of aliphatic carboxylic acids is 2. The standard InChI is InChI=1S/C21H20BrN5O2.2C2HF3O2/c22-16-9-19-21(25-11-16)27-20(26-19)15-1-3-18(4-2-15)29-13-17(28)12-24-10-14-5-7-23-8-6-14;2*3-2(4,5)1(6)7/h1-9,11,17,24,28H,10,12-13H2,(H,25,26,27);2*(H,6,7). The summed E-state index contributed by atoms with van der Waals surface area (Å²) in [6, 6.07) is 13.4. The molecule has 43 heavy (non-hydrogen) atoms. The molecule has 0 bridgehead atoms. The number of benzene rings is 1. The van der Waals surface area contributed by atoms with E-state index < -0.39 is 30.4 Å². The molecule has 0 aliphatic carbocycles. The maximum Gasteiger partial charge on any atom is 0.490 e. The summed E-state index contributed by atoms with van der Waals surface area (Å²) in [5, 5.41) is 27.6. The van der Waals surface area contributed by atoms with Crippen LogP contribution in [0.15, 0.2) is 65.5 Å². The molecular formula is C25H22BrF6N5O6. The minimum Gasteiger partial charge on any atom is -0.491 e. The summed E-state index contributed by atoms with van der Waals surface area (Å²) >= 11 is 3.41. The van der Waals surface area contributed by atoms with E-state index in [2.05, 4.69) is 41.2 Å². The van der Waals surface area contributed by atoms with Crippen LogP contribution >= 0.6 is 15.9 Å². The second kappa shape index (κ2) is 15.8. The molecule has 0 radical (unpaired) electrons. The number of H-pyrrole nitrogens is 1. The number of halogens is 7. The molecule has 1 unspecified atom stereocenters. The maximum absolute atomic E-state index is 10.6. The van der Waals surface area contributed by atoms with Crippen molar-refractivity contribution in [2.24, 2.45) is 0 Å². The number of rotatable bonds is 8. The number of carboxylic acid groups (broad SMARTS) is 2. The Hall–Kier alpha value is -4.29. The summed E-state index contributed by atoms with van der Waals surface area (Å²) in [5.74, 6) is -4.07. The molecule has 0 amide bonds. The van der Waals surface area contributed by atoms with E-state index in [1.54, 1.807) is 18.6 Å². The van der Waals surface area contributed by atoms with E-state index in [4.69, 9.17) is 24.5 Å². The second-order valence-corrected chi connectivity index (χ2v) is 9.11. The summed E-state index contributed by atoms with van der Waals surface area (Å²) in [6.45, 7) is 1.34. The Kier molecular flexibility index (Phi) is 12.8. The van der Waals surface area contributed by atoms with Gasteiger partial charge in [-0.3, -0.25) is 4.98 Å². The van der Waals surface area contributed by atoms with Crippen LogP contribution in [-0.2, 0) is 16.1 Å². The minimum absolute atomic E-state index is 0.214. The lowest BCUT2D eigenvalue weighted by atomic mass is 10.2. The predicted molar refractivity (Wildman–Crippen MR) is 142 cm³/mol. The summed E-state index contributed by atoms with van der Waals surface area (Å²) in [4.78, 5) is 33.8. The van der Waals surface area contributed by atoms with Crippen LogP contribution in [0.5, 0.6) is 5.75 Å². The molecular weight excluding hydrogens is 660 g/mol. The first-order chi connectivity index (χ1) is 20.1. The van der Waals surface area contributed by atoms with Crippen LogP contribution in [0, 0.1) is 0 Å². The SMILES string of the molecule is O=C(O)C(F)(F)F.O=C(O)C(F)(F)F.OC(CNCc1ccncc1)COc1ccc(-c2nc3ncc(Br)cc3[nH]2)cc1. The molecule has 1 atom stereocenters. The number of hydrogen-bond acceptors (Lipinski definition) is 8. The number of fused-ring (bicyclic) bond motifs is 1. The molecule has 3 aromatic heterocycles.